The molecular weight excluding hydrogens is 353 g/mol. The van der Waals surface area contributed by atoms with E-state index < -0.39 is 0 Å². The van der Waals surface area contributed by atoms with Crippen molar-refractivity contribution >= 4 is 23.5 Å². The van der Waals surface area contributed by atoms with Crippen LogP contribution in [0.4, 0.5) is 4.39 Å². The number of thioether (sulfide) groups is 1. The molecule has 0 saturated heterocycles. The molecule has 6 heteroatoms. The first-order valence-corrected chi connectivity index (χ1v) is 9.36. The predicted octanol–water partition coefficient (Wildman–Crippen LogP) is 4.15. The number of carbonyl (C=O) groups excluding carboxylic acids is 2. The predicted molar refractivity (Wildman–Crippen MR) is 102 cm³/mol. The summed E-state index contributed by atoms with van der Waals surface area (Å²) < 4.78 is 18.3. The molecule has 0 radical (unpaired) electrons. The second-order valence-corrected chi connectivity index (χ2v) is 6.90. The van der Waals surface area contributed by atoms with Crippen molar-refractivity contribution < 1.29 is 18.7 Å². The van der Waals surface area contributed by atoms with Crippen molar-refractivity contribution in [2.75, 3.05) is 12.9 Å². The third kappa shape index (κ3) is 5.59. The molecule has 0 bridgehead atoms. The minimum atomic E-state index is -0.301. The Hall–Kier alpha value is -2.34. The van der Waals surface area contributed by atoms with E-state index in [1.165, 1.54) is 30.8 Å². The lowest BCUT2D eigenvalue weighted by molar-refractivity contribution is -0.119. The van der Waals surface area contributed by atoms with E-state index in [0.29, 0.717) is 17.1 Å². The molecule has 0 heterocycles. The van der Waals surface area contributed by atoms with Crippen LogP contribution in [0.1, 0.15) is 41.4 Å². The van der Waals surface area contributed by atoms with Gasteiger partial charge in [-0.2, -0.15) is 0 Å². The monoisotopic (exact) mass is 375 g/mol. The summed E-state index contributed by atoms with van der Waals surface area (Å²) in [6, 6.07) is 11.2. The van der Waals surface area contributed by atoms with Gasteiger partial charge in [-0.15, -0.1) is 11.8 Å². The molecule has 1 amide bonds. The maximum absolute atomic E-state index is 13.0. The van der Waals surface area contributed by atoms with E-state index >= 15 is 0 Å². The zero-order valence-corrected chi connectivity index (χ0v) is 15.9. The van der Waals surface area contributed by atoms with Crippen LogP contribution in [0.5, 0.6) is 5.75 Å². The fourth-order valence-corrected chi connectivity index (χ4v) is 3.30. The Balaban J connectivity index is 1.89. The number of carbonyl (C=O) groups is 2. The summed E-state index contributed by atoms with van der Waals surface area (Å²) in [7, 11) is 1.58. The summed E-state index contributed by atoms with van der Waals surface area (Å²) >= 11 is 1.44. The van der Waals surface area contributed by atoms with Gasteiger partial charge < -0.3 is 10.1 Å². The molecule has 4 nitrogen and oxygen atoms in total. The van der Waals surface area contributed by atoms with Gasteiger partial charge in [0.2, 0.25) is 5.91 Å². The van der Waals surface area contributed by atoms with Gasteiger partial charge in [-0.3, -0.25) is 9.59 Å². The maximum Gasteiger partial charge on any atom is 0.230 e. The van der Waals surface area contributed by atoms with Crippen molar-refractivity contribution in [2.45, 2.75) is 25.6 Å². The zero-order valence-electron chi connectivity index (χ0n) is 15.0. The number of hydrogen-bond acceptors (Lipinski definition) is 4. The van der Waals surface area contributed by atoms with Crippen molar-refractivity contribution in [1.82, 2.24) is 5.32 Å². The summed E-state index contributed by atoms with van der Waals surface area (Å²) in [6.45, 7) is 3.37. The quantitative estimate of drug-likeness (QED) is 0.705. The van der Waals surface area contributed by atoms with Crippen molar-refractivity contribution in [2.24, 2.45) is 0 Å². The largest absolute Gasteiger partial charge is 0.496 e. The van der Waals surface area contributed by atoms with Gasteiger partial charge in [-0.1, -0.05) is 12.1 Å². The number of benzene rings is 2. The Morgan fingerprint density at radius 2 is 1.88 bits per heavy atom. The zero-order chi connectivity index (χ0) is 19.1. The van der Waals surface area contributed by atoms with E-state index in [1.807, 2.05) is 6.92 Å². The van der Waals surface area contributed by atoms with E-state index in [0.717, 1.165) is 11.1 Å². The molecule has 0 aromatic heterocycles. The normalized spacial score (nSPS) is 11.7. The first-order valence-electron chi connectivity index (χ1n) is 8.21. The highest BCUT2D eigenvalue weighted by Crippen LogP contribution is 2.25. The molecule has 1 unspecified atom stereocenters. The number of halogens is 1. The standard InChI is InChI=1S/C20H22FNO3S/c1-13(15-4-7-18(21)8-5-15)22-20(24)12-26-11-17-10-16(14(2)23)6-9-19(17)25-3/h4-10,13H,11-12H2,1-3H3,(H,22,24). The molecule has 1 N–H and O–H groups in total. The van der Waals surface area contributed by atoms with E-state index in [4.69, 9.17) is 4.74 Å². The number of methoxy groups -OCH3 is 1. The Morgan fingerprint density at radius 3 is 2.50 bits per heavy atom. The second kappa shape index (κ2) is 9.38. The molecule has 0 aliphatic carbocycles. The molecule has 2 aromatic carbocycles. The van der Waals surface area contributed by atoms with Crippen LogP contribution in [0, 0.1) is 5.82 Å². The van der Waals surface area contributed by atoms with Gasteiger partial charge in [-0.25, -0.2) is 4.39 Å². The first-order chi connectivity index (χ1) is 12.4. The molecule has 0 saturated carbocycles. The molecule has 0 aliphatic rings. The van der Waals surface area contributed by atoms with Crippen LogP contribution in [0.15, 0.2) is 42.5 Å². The minimum Gasteiger partial charge on any atom is -0.496 e. The first kappa shape index (κ1) is 20.0. The SMILES string of the molecule is COc1ccc(C(C)=O)cc1CSCC(=O)NC(C)c1ccc(F)cc1. The second-order valence-electron chi connectivity index (χ2n) is 5.92. The van der Waals surface area contributed by atoms with Crippen LogP contribution in [0.2, 0.25) is 0 Å². The summed E-state index contributed by atoms with van der Waals surface area (Å²) in [5.74, 6) is 1.12. The van der Waals surface area contributed by atoms with Crippen molar-refractivity contribution in [3.63, 3.8) is 0 Å². The van der Waals surface area contributed by atoms with Crippen molar-refractivity contribution in [1.29, 1.82) is 0 Å². The third-order valence-corrected chi connectivity index (χ3v) is 4.91. The van der Waals surface area contributed by atoms with E-state index in [2.05, 4.69) is 5.32 Å². The Morgan fingerprint density at radius 1 is 1.19 bits per heavy atom. The number of rotatable bonds is 8. The van der Waals surface area contributed by atoms with E-state index in [1.54, 1.807) is 37.4 Å². The lowest BCUT2D eigenvalue weighted by Crippen LogP contribution is -2.28. The number of amides is 1. The topological polar surface area (TPSA) is 55.4 Å². The number of hydrogen-bond donors (Lipinski definition) is 1. The number of ketones is 1. The van der Waals surface area contributed by atoms with Crippen LogP contribution in [0.25, 0.3) is 0 Å². The summed E-state index contributed by atoms with van der Waals surface area (Å²) in [5, 5.41) is 2.89. The highest BCUT2D eigenvalue weighted by molar-refractivity contribution is 7.99. The van der Waals surface area contributed by atoms with Crippen LogP contribution in [0.3, 0.4) is 0 Å². The Kier molecular flexibility index (Phi) is 7.21. The van der Waals surface area contributed by atoms with Gasteiger partial charge in [0.1, 0.15) is 11.6 Å². The van der Waals surface area contributed by atoms with Gasteiger partial charge in [0.05, 0.1) is 18.9 Å². The van der Waals surface area contributed by atoms with Gasteiger partial charge in [-0.05, 0) is 49.7 Å². The number of ether oxygens (including phenoxy) is 1. The fraction of sp³-hybridized carbons (Fsp3) is 0.300. The lowest BCUT2D eigenvalue weighted by atomic mass is 10.1. The lowest BCUT2D eigenvalue weighted by Gasteiger charge is -2.14. The van der Waals surface area contributed by atoms with E-state index in [9.17, 15) is 14.0 Å². The van der Waals surface area contributed by atoms with Crippen molar-refractivity contribution in [3.05, 3.63) is 65.0 Å². The highest BCUT2D eigenvalue weighted by Gasteiger charge is 2.12. The molecule has 26 heavy (non-hydrogen) atoms. The van der Waals surface area contributed by atoms with Gasteiger partial charge in [0.15, 0.2) is 5.78 Å². The van der Waals surface area contributed by atoms with Gasteiger partial charge in [0, 0.05) is 16.9 Å². The molecular formula is C20H22FNO3S. The molecule has 0 spiro atoms. The smallest absolute Gasteiger partial charge is 0.230 e. The van der Waals surface area contributed by atoms with E-state index in [-0.39, 0.29) is 29.3 Å². The molecule has 2 aromatic rings. The van der Waals surface area contributed by atoms with Gasteiger partial charge in [0.25, 0.3) is 0 Å². The highest BCUT2D eigenvalue weighted by atomic mass is 32.2. The average Bonchev–Trinajstić information content (AvgIpc) is 2.62. The molecule has 2 rings (SSSR count). The van der Waals surface area contributed by atoms with Crippen LogP contribution in [-0.2, 0) is 10.5 Å². The molecule has 1 atom stereocenters. The third-order valence-electron chi connectivity index (χ3n) is 3.93. The van der Waals surface area contributed by atoms with Crippen LogP contribution in [-0.4, -0.2) is 24.6 Å². The fourth-order valence-electron chi connectivity index (χ4n) is 2.48. The molecule has 138 valence electrons. The molecule has 0 fully saturated rings. The van der Waals surface area contributed by atoms with Crippen LogP contribution < -0.4 is 10.1 Å². The Labute approximate surface area is 157 Å². The maximum atomic E-state index is 13.0. The average molecular weight is 375 g/mol. The minimum absolute atomic E-state index is 0.00947. The molecule has 0 aliphatic heterocycles. The number of nitrogens with one attached hydrogen (secondary N) is 1. The summed E-state index contributed by atoms with van der Waals surface area (Å²) in [5.41, 5.74) is 2.35. The summed E-state index contributed by atoms with van der Waals surface area (Å²) in [6.07, 6.45) is 0. The van der Waals surface area contributed by atoms with Gasteiger partial charge >= 0.3 is 0 Å². The van der Waals surface area contributed by atoms with Crippen LogP contribution >= 0.6 is 11.8 Å². The Bertz CT molecular complexity index is 777. The van der Waals surface area contributed by atoms with Crippen molar-refractivity contribution in [3.8, 4) is 5.75 Å². The summed E-state index contributed by atoms with van der Waals surface area (Å²) in [4.78, 5) is 23.6. The number of Topliss-reactive ketones (excluding diaryl/α,β-unsaturated/α-hetero) is 1.